The van der Waals surface area contributed by atoms with E-state index in [0.29, 0.717) is 0 Å². The zero-order chi connectivity index (χ0) is 16.3. The fraction of sp³-hybridized carbons (Fsp3) is 0.529. The first-order chi connectivity index (χ1) is 9.51. The van der Waals surface area contributed by atoms with Gasteiger partial charge in [0.2, 0.25) is 11.8 Å². The standard InChI is InChI=1S/C17H26N2O2/c1-16(2,3)12-9-7-8-10-13(12)19-14(20)11-18-15(21)17(4,5)6/h7-10H,11H2,1-6H3,(H,18,21)(H,19,20). The van der Waals surface area contributed by atoms with E-state index >= 15 is 0 Å². The lowest BCUT2D eigenvalue weighted by atomic mass is 9.86. The molecule has 0 aliphatic rings. The lowest BCUT2D eigenvalue weighted by molar-refractivity contribution is -0.130. The van der Waals surface area contributed by atoms with Crippen molar-refractivity contribution in [3.05, 3.63) is 29.8 Å². The summed E-state index contributed by atoms with van der Waals surface area (Å²) in [7, 11) is 0. The summed E-state index contributed by atoms with van der Waals surface area (Å²) in [5, 5.41) is 5.52. The van der Waals surface area contributed by atoms with Crippen molar-refractivity contribution in [1.29, 1.82) is 0 Å². The first kappa shape index (κ1) is 17.2. The Kier molecular flexibility index (Phi) is 5.15. The van der Waals surface area contributed by atoms with Crippen LogP contribution in [0.25, 0.3) is 0 Å². The van der Waals surface area contributed by atoms with E-state index in [-0.39, 0.29) is 23.8 Å². The summed E-state index contributed by atoms with van der Waals surface area (Å²) < 4.78 is 0. The second-order valence-electron chi connectivity index (χ2n) is 7.28. The molecule has 4 heteroatoms. The van der Waals surface area contributed by atoms with Gasteiger partial charge in [0.25, 0.3) is 0 Å². The lowest BCUT2D eigenvalue weighted by Crippen LogP contribution is -2.39. The van der Waals surface area contributed by atoms with Crippen LogP contribution in [0, 0.1) is 5.41 Å². The van der Waals surface area contributed by atoms with E-state index in [2.05, 4.69) is 31.4 Å². The van der Waals surface area contributed by atoms with Crippen molar-refractivity contribution >= 4 is 17.5 Å². The third-order valence-corrected chi connectivity index (χ3v) is 3.10. The average molecular weight is 290 g/mol. The minimum atomic E-state index is -0.496. The van der Waals surface area contributed by atoms with E-state index in [1.807, 2.05) is 45.0 Å². The van der Waals surface area contributed by atoms with Crippen LogP contribution in [0.5, 0.6) is 0 Å². The van der Waals surface area contributed by atoms with Crippen LogP contribution in [-0.2, 0) is 15.0 Å². The molecule has 0 heterocycles. The fourth-order valence-electron chi connectivity index (χ4n) is 1.87. The molecule has 0 bridgehead atoms. The Morgan fingerprint density at radius 2 is 1.57 bits per heavy atom. The van der Waals surface area contributed by atoms with Gasteiger partial charge in [0.15, 0.2) is 0 Å². The van der Waals surface area contributed by atoms with Gasteiger partial charge >= 0.3 is 0 Å². The van der Waals surface area contributed by atoms with Gasteiger partial charge in [0.05, 0.1) is 6.54 Å². The topological polar surface area (TPSA) is 58.2 Å². The van der Waals surface area contributed by atoms with Crippen molar-refractivity contribution in [3.63, 3.8) is 0 Å². The maximum Gasteiger partial charge on any atom is 0.243 e. The van der Waals surface area contributed by atoms with E-state index in [9.17, 15) is 9.59 Å². The summed E-state index contributed by atoms with van der Waals surface area (Å²) in [6, 6.07) is 7.73. The molecule has 1 rings (SSSR count). The third kappa shape index (κ3) is 5.21. The molecule has 21 heavy (non-hydrogen) atoms. The summed E-state index contributed by atoms with van der Waals surface area (Å²) in [6.45, 7) is 11.7. The van der Waals surface area contributed by atoms with E-state index in [4.69, 9.17) is 0 Å². The molecule has 0 unspecified atom stereocenters. The normalized spacial score (nSPS) is 11.9. The molecule has 0 fully saturated rings. The molecular weight excluding hydrogens is 264 g/mol. The molecule has 0 radical (unpaired) electrons. The van der Waals surface area contributed by atoms with Gasteiger partial charge in [-0.15, -0.1) is 0 Å². The number of nitrogens with one attached hydrogen (secondary N) is 2. The Labute approximate surface area is 127 Å². The number of carbonyl (C=O) groups excluding carboxylic acids is 2. The van der Waals surface area contributed by atoms with E-state index in [0.717, 1.165) is 11.3 Å². The molecule has 0 spiro atoms. The highest BCUT2D eigenvalue weighted by molar-refractivity contribution is 5.95. The molecular formula is C17H26N2O2. The third-order valence-electron chi connectivity index (χ3n) is 3.10. The molecule has 0 atom stereocenters. The SMILES string of the molecule is CC(C)(C)C(=O)NCC(=O)Nc1ccccc1C(C)(C)C. The lowest BCUT2D eigenvalue weighted by Gasteiger charge is -2.23. The number of rotatable bonds is 3. The Morgan fingerprint density at radius 1 is 1.00 bits per heavy atom. The number of benzene rings is 1. The van der Waals surface area contributed by atoms with Crippen molar-refractivity contribution < 1.29 is 9.59 Å². The molecule has 2 N–H and O–H groups in total. The van der Waals surface area contributed by atoms with Gasteiger partial charge in [-0.2, -0.15) is 0 Å². The first-order valence-electron chi connectivity index (χ1n) is 7.19. The highest BCUT2D eigenvalue weighted by Crippen LogP contribution is 2.29. The van der Waals surface area contributed by atoms with Gasteiger partial charge in [-0.1, -0.05) is 59.7 Å². The Morgan fingerprint density at radius 3 is 2.10 bits per heavy atom. The molecule has 0 saturated heterocycles. The maximum atomic E-state index is 12.0. The second kappa shape index (κ2) is 6.29. The maximum absolute atomic E-state index is 12.0. The Bertz CT molecular complexity index is 522. The molecule has 1 aromatic rings. The zero-order valence-electron chi connectivity index (χ0n) is 13.8. The fourth-order valence-corrected chi connectivity index (χ4v) is 1.87. The number of anilines is 1. The predicted octanol–water partition coefficient (Wildman–Crippen LogP) is 3.08. The van der Waals surface area contributed by atoms with Gasteiger partial charge in [0.1, 0.15) is 0 Å². The van der Waals surface area contributed by atoms with Crippen LogP contribution in [0.4, 0.5) is 5.69 Å². The van der Waals surface area contributed by atoms with Crippen molar-refractivity contribution in [2.45, 2.75) is 47.0 Å². The minimum Gasteiger partial charge on any atom is -0.347 e. The molecule has 0 aromatic heterocycles. The molecule has 4 nitrogen and oxygen atoms in total. The second-order valence-corrected chi connectivity index (χ2v) is 7.28. The number of hydrogen-bond donors (Lipinski definition) is 2. The van der Waals surface area contributed by atoms with Crippen LogP contribution in [-0.4, -0.2) is 18.4 Å². The number of para-hydroxylation sites is 1. The number of hydrogen-bond acceptors (Lipinski definition) is 2. The smallest absolute Gasteiger partial charge is 0.243 e. The quantitative estimate of drug-likeness (QED) is 0.898. The van der Waals surface area contributed by atoms with Crippen molar-refractivity contribution in [3.8, 4) is 0 Å². The monoisotopic (exact) mass is 290 g/mol. The van der Waals surface area contributed by atoms with E-state index in [1.165, 1.54) is 0 Å². The van der Waals surface area contributed by atoms with Crippen LogP contribution in [0.1, 0.15) is 47.1 Å². The average Bonchev–Trinajstić information content (AvgIpc) is 2.34. The Balaban J connectivity index is 2.71. The summed E-state index contributed by atoms with van der Waals surface area (Å²) in [5.41, 5.74) is 1.31. The van der Waals surface area contributed by atoms with Gasteiger partial charge < -0.3 is 10.6 Å². The molecule has 1 aromatic carbocycles. The molecule has 116 valence electrons. The minimum absolute atomic E-state index is 0.0193. The molecule has 2 amide bonds. The number of carbonyl (C=O) groups is 2. The van der Waals surface area contributed by atoms with Gasteiger partial charge in [-0.25, -0.2) is 0 Å². The largest absolute Gasteiger partial charge is 0.347 e. The van der Waals surface area contributed by atoms with Crippen molar-refractivity contribution in [2.24, 2.45) is 5.41 Å². The summed E-state index contributed by atoms with van der Waals surface area (Å²) in [5.74, 6) is -0.356. The molecule has 0 aliphatic carbocycles. The summed E-state index contributed by atoms with van der Waals surface area (Å²) in [4.78, 5) is 23.8. The van der Waals surface area contributed by atoms with E-state index < -0.39 is 5.41 Å². The van der Waals surface area contributed by atoms with Gasteiger partial charge in [0, 0.05) is 11.1 Å². The van der Waals surface area contributed by atoms with Crippen molar-refractivity contribution in [1.82, 2.24) is 5.32 Å². The van der Waals surface area contributed by atoms with Crippen LogP contribution in [0.2, 0.25) is 0 Å². The molecule has 0 aliphatic heterocycles. The van der Waals surface area contributed by atoms with Crippen LogP contribution in [0.15, 0.2) is 24.3 Å². The van der Waals surface area contributed by atoms with Crippen molar-refractivity contribution in [2.75, 3.05) is 11.9 Å². The predicted molar refractivity (Wildman–Crippen MR) is 86.2 cm³/mol. The summed E-state index contributed by atoms with van der Waals surface area (Å²) in [6.07, 6.45) is 0. The zero-order valence-corrected chi connectivity index (χ0v) is 13.8. The molecule has 0 saturated carbocycles. The van der Waals surface area contributed by atoms with E-state index in [1.54, 1.807) is 0 Å². The highest BCUT2D eigenvalue weighted by atomic mass is 16.2. The van der Waals surface area contributed by atoms with Gasteiger partial charge in [-0.3, -0.25) is 9.59 Å². The Hall–Kier alpha value is -1.84. The number of amides is 2. The van der Waals surface area contributed by atoms with Crippen LogP contribution in [0.3, 0.4) is 0 Å². The van der Waals surface area contributed by atoms with Gasteiger partial charge in [-0.05, 0) is 17.0 Å². The highest BCUT2D eigenvalue weighted by Gasteiger charge is 2.22. The van der Waals surface area contributed by atoms with Crippen LogP contribution < -0.4 is 10.6 Å². The van der Waals surface area contributed by atoms with Crippen LogP contribution >= 0.6 is 0 Å². The first-order valence-corrected chi connectivity index (χ1v) is 7.19. The summed E-state index contributed by atoms with van der Waals surface area (Å²) >= 11 is 0.